The Hall–Kier alpha value is -3.48. The Kier molecular flexibility index (Phi) is 11.5. The Morgan fingerprint density at radius 1 is 0.725 bits per heavy atom. The van der Waals surface area contributed by atoms with Crippen LogP contribution in [0.1, 0.15) is 74.8 Å². The number of aryl methyl sites for hydroxylation is 1. The molecule has 0 aliphatic rings. The second-order valence-corrected chi connectivity index (χ2v) is 11.4. The Morgan fingerprint density at radius 2 is 1.25 bits per heavy atom. The number of rotatable bonds is 15. The quantitative estimate of drug-likeness (QED) is 0.216. The molecule has 0 fully saturated rings. The minimum atomic E-state index is -0.958. The molecule has 6 heteroatoms. The highest BCUT2D eigenvalue weighted by Gasteiger charge is 2.34. The number of hydrogen-bond acceptors (Lipinski definition) is 6. The van der Waals surface area contributed by atoms with E-state index in [0.29, 0.717) is 25.7 Å². The molecule has 0 aromatic heterocycles. The van der Waals surface area contributed by atoms with E-state index in [2.05, 4.69) is 0 Å². The number of esters is 2. The summed E-state index contributed by atoms with van der Waals surface area (Å²) in [5.74, 6) is -0.679. The van der Waals surface area contributed by atoms with Crippen LogP contribution in [0.2, 0.25) is 0 Å². The summed E-state index contributed by atoms with van der Waals surface area (Å²) >= 11 is 0. The molecule has 3 aromatic rings. The van der Waals surface area contributed by atoms with Crippen molar-refractivity contribution in [2.24, 2.45) is 10.8 Å². The number of benzene rings is 3. The van der Waals surface area contributed by atoms with Crippen LogP contribution >= 0.6 is 0 Å². The number of aliphatic hydroxyl groups excluding tert-OH is 2. The number of hydrogen-bond donors (Lipinski definition) is 2. The average Bonchev–Trinajstić information content (AvgIpc) is 2.98. The van der Waals surface area contributed by atoms with E-state index in [9.17, 15) is 19.8 Å². The second kappa shape index (κ2) is 14.8. The Morgan fingerprint density at radius 3 is 1.77 bits per heavy atom. The first kappa shape index (κ1) is 31.1. The smallest absolute Gasteiger partial charge is 0.314 e. The maximum atomic E-state index is 12.7. The van der Waals surface area contributed by atoms with Gasteiger partial charge in [-0.15, -0.1) is 0 Å². The molecule has 0 spiro atoms. The van der Waals surface area contributed by atoms with Crippen LogP contribution in [0.5, 0.6) is 0 Å². The van der Waals surface area contributed by atoms with Crippen LogP contribution in [-0.4, -0.2) is 28.8 Å². The van der Waals surface area contributed by atoms with E-state index in [1.54, 1.807) is 6.92 Å². The van der Waals surface area contributed by atoms with Gasteiger partial charge >= 0.3 is 11.9 Å². The van der Waals surface area contributed by atoms with Gasteiger partial charge in [-0.3, -0.25) is 9.59 Å². The SMILES string of the molecule is CC(C)(CCC(O)c1ccc(CCCC(C)(CO)C(=O)OCc2ccccc2)cc1)C(=O)OCc1ccccc1. The van der Waals surface area contributed by atoms with Crippen LogP contribution in [0, 0.1) is 10.8 Å². The molecule has 0 aliphatic heterocycles. The van der Waals surface area contributed by atoms with Crippen LogP contribution in [0.25, 0.3) is 0 Å². The Labute approximate surface area is 238 Å². The van der Waals surface area contributed by atoms with Crippen molar-refractivity contribution in [3.63, 3.8) is 0 Å². The molecule has 0 heterocycles. The lowest BCUT2D eigenvalue weighted by Crippen LogP contribution is -2.33. The molecule has 0 bridgehead atoms. The second-order valence-electron chi connectivity index (χ2n) is 11.4. The topological polar surface area (TPSA) is 93.1 Å². The minimum Gasteiger partial charge on any atom is -0.460 e. The average molecular weight is 547 g/mol. The van der Waals surface area contributed by atoms with Gasteiger partial charge in [0, 0.05) is 0 Å². The highest BCUT2D eigenvalue weighted by molar-refractivity contribution is 5.76. The molecule has 0 radical (unpaired) electrons. The van der Waals surface area contributed by atoms with E-state index in [-0.39, 0.29) is 25.8 Å². The van der Waals surface area contributed by atoms with Gasteiger partial charge < -0.3 is 19.7 Å². The number of ether oxygens (including phenoxy) is 2. The summed E-state index contributed by atoms with van der Waals surface area (Å²) in [6, 6.07) is 26.8. The molecule has 2 unspecified atom stereocenters. The van der Waals surface area contributed by atoms with E-state index in [1.807, 2.05) is 98.8 Å². The summed E-state index contributed by atoms with van der Waals surface area (Å²) in [6.45, 7) is 5.56. The highest BCUT2D eigenvalue weighted by atomic mass is 16.5. The zero-order valence-corrected chi connectivity index (χ0v) is 23.8. The lowest BCUT2D eigenvalue weighted by molar-refractivity contribution is -0.159. The van der Waals surface area contributed by atoms with Crippen molar-refractivity contribution < 1.29 is 29.3 Å². The van der Waals surface area contributed by atoms with Crippen LogP contribution in [0.3, 0.4) is 0 Å². The van der Waals surface area contributed by atoms with Gasteiger partial charge in [0.05, 0.1) is 23.5 Å². The number of aliphatic hydroxyl groups is 2. The van der Waals surface area contributed by atoms with Gasteiger partial charge in [0.2, 0.25) is 0 Å². The van der Waals surface area contributed by atoms with Gasteiger partial charge in [0.15, 0.2) is 0 Å². The van der Waals surface area contributed by atoms with E-state index in [1.165, 1.54) is 0 Å². The van der Waals surface area contributed by atoms with Gasteiger partial charge in [-0.2, -0.15) is 0 Å². The maximum Gasteiger partial charge on any atom is 0.314 e. The molecule has 0 saturated heterocycles. The standard InChI is InChI=1S/C34H42O6/c1-33(2,31(37)39-23-27-11-6-4-7-12-27)22-20-30(36)29-18-16-26(17-19-29)15-10-21-34(3,25-35)32(38)40-24-28-13-8-5-9-14-28/h4-9,11-14,16-19,30,35-36H,10,15,20-25H2,1-3H3. The maximum absolute atomic E-state index is 12.7. The fourth-order valence-corrected chi connectivity index (χ4v) is 4.42. The van der Waals surface area contributed by atoms with Crippen molar-refractivity contribution in [1.29, 1.82) is 0 Å². The fraction of sp³-hybridized carbons (Fsp3) is 0.412. The molecule has 0 saturated carbocycles. The molecule has 2 N–H and O–H groups in total. The Balaban J connectivity index is 1.43. The van der Waals surface area contributed by atoms with Gasteiger partial charge in [-0.25, -0.2) is 0 Å². The van der Waals surface area contributed by atoms with Crippen molar-refractivity contribution in [2.75, 3.05) is 6.61 Å². The van der Waals surface area contributed by atoms with Crippen LogP contribution in [-0.2, 0) is 38.7 Å². The zero-order valence-electron chi connectivity index (χ0n) is 23.8. The predicted octanol–water partition coefficient (Wildman–Crippen LogP) is 6.33. The van der Waals surface area contributed by atoms with Crippen LogP contribution < -0.4 is 0 Å². The van der Waals surface area contributed by atoms with Crippen LogP contribution in [0.4, 0.5) is 0 Å². The number of carbonyl (C=O) groups is 2. The first-order valence-corrected chi connectivity index (χ1v) is 13.9. The molecule has 6 nitrogen and oxygen atoms in total. The summed E-state index contributed by atoms with van der Waals surface area (Å²) in [6.07, 6.45) is 2.18. The molecule has 3 aromatic carbocycles. The third kappa shape index (κ3) is 9.32. The molecule has 40 heavy (non-hydrogen) atoms. The summed E-state index contributed by atoms with van der Waals surface area (Å²) in [7, 11) is 0. The molecule has 0 aliphatic carbocycles. The monoisotopic (exact) mass is 546 g/mol. The van der Waals surface area contributed by atoms with E-state index >= 15 is 0 Å². The lowest BCUT2D eigenvalue weighted by Gasteiger charge is -2.25. The summed E-state index contributed by atoms with van der Waals surface area (Å²) < 4.78 is 11.0. The van der Waals surface area contributed by atoms with Crippen molar-refractivity contribution in [1.82, 2.24) is 0 Å². The molecule has 0 amide bonds. The largest absolute Gasteiger partial charge is 0.460 e. The summed E-state index contributed by atoms with van der Waals surface area (Å²) in [4.78, 5) is 25.3. The minimum absolute atomic E-state index is 0.186. The first-order valence-electron chi connectivity index (χ1n) is 13.9. The highest BCUT2D eigenvalue weighted by Crippen LogP contribution is 2.30. The van der Waals surface area contributed by atoms with Gasteiger partial charge in [-0.05, 0) is 75.1 Å². The lowest BCUT2D eigenvalue weighted by atomic mass is 9.84. The van der Waals surface area contributed by atoms with Crippen molar-refractivity contribution in [2.45, 2.75) is 72.2 Å². The normalized spacial score (nSPS) is 13.7. The third-order valence-corrected chi connectivity index (χ3v) is 7.42. The zero-order chi connectivity index (χ0) is 29.0. The van der Waals surface area contributed by atoms with Crippen LogP contribution in [0.15, 0.2) is 84.9 Å². The van der Waals surface area contributed by atoms with Crippen molar-refractivity contribution >= 4 is 11.9 Å². The molecule has 2 atom stereocenters. The van der Waals surface area contributed by atoms with E-state index in [4.69, 9.17) is 9.47 Å². The predicted molar refractivity (Wildman–Crippen MR) is 155 cm³/mol. The Bertz CT molecular complexity index is 1190. The van der Waals surface area contributed by atoms with E-state index < -0.39 is 22.9 Å². The molecular formula is C34H42O6. The first-order chi connectivity index (χ1) is 19.1. The molecule has 3 rings (SSSR count). The van der Waals surface area contributed by atoms with Crippen molar-refractivity contribution in [3.8, 4) is 0 Å². The fourth-order valence-electron chi connectivity index (χ4n) is 4.42. The van der Waals surface area contributed by atoms with Crippen molar-refractivity contribution in [3.05, 3.63) is 107 Å². The number of carbonyl (C=O) groups excluding carboxylic acids is 2. The molecular weight excluding hydrogens is 504 g/mol. The summed E-state index contributed by atoms with van der Waals surface area (Å²) in [5, 5.41) is 20.7. The van der Waals surface area contributed by atoms with Gasteiger partial charge in [-0.1, -0.05) is 84.9 Å². The third-order valence-electron chi connectivity index (χ3n) is 7.42. The molecule has 214 valence electrons. The van der Waals surface area contributed by atoms with Gasteiger partial charge in [0.1, 0.15) is 13.2 Å². The summed E-state index contributed by atoms with van der Waals surface area (Å²) in [5.41, 5.74) is 2.05. The van der Waals surface area contributed by atoms with E-state index in [0.717, 1.165) is 28.7 Å². The van der Waals surface area contributed by atoms with Gasteiger partial charge in [0.25, 0.3) is 0 Å².